The van der Waals surface area contributed by atoms with E-state index < -0.39 is 0 Å². The molecule has 0 amide bonds. The molecule has 0 radical (unpaired) electrons. The molecule has 3 aromatic heterocycles. The van der Waals surface area contributed by atoms with Crippen LogP contribution in [-0.2, 0) is 10.8 Å². The fourth-order valence-corrected chi connectivity index (χ4v) is 3.82. The lowest BCUT2D eigenvalue weighted by molar-refractivity contribution is 0.415. The van der Waals surface area contributed by atoms with Crippen molar-refractivity contribution in [2.45, 2.75) is 52.4 Å². The second kappa shape index (κ2) is 9.02. The fraction of sp³-hybridized carbons (Fsp3) is 0.300. The number of methoxy groups -OCH3 is 1. The van der Waals surface area contributed by atoms with Crippen LogP contribution in [0, 0.1) is 0 Å². The molecule has 0 unspecified atom stereocenters. The summed E-state index contributed by atoms with van der Waals surface area (Å²) in [6.45, 7) is 13.3. The molecular weight excluding hydrogens is 418 g/mol. The summed E-state index contributed by atoms with van der Waals surface area (Å²) in [5.74, 6) is 0.831. The van der Waals surface area contributed by atoms with Gasteiger partial charge in [0.25, 0.3) is 0 Å². The average Bonchev–Trinajstić information content (AvgIpc) is 2.83. The largest absolute Gasteiger partial charge is 0.497 e. The van der Waals surface area contributed by atoms with Gasteiger partial charge in [-0.15, -0.1) is 0 Å². The molecule has 0 aliphatic carbocycles. The lowest BCUT2D eigenvalue weighted by atomic mass is 9.87. The number of pyridine rings is 3. The number of nitrogens with zero attached hydrogens (tertiary/aromatic N) is 3. The summed E-state index contributed by atoms with van der Waals surface area (Å²) in [6, 6.07) is 20.7. The molecule has 0 saturated heterocycles. The lowest BCUT2D eigenvalue weighted by Crippen LogP contribution is -2.11. The van der Waals surface area contributed by atoms with Crippen LogP contribution in [-0.4, -0.2) is 22.1 Å². The van der Waals surface area contributed by atoms with E-state index in [1.807, 2.05) is 24.5 Å². The van der Waals surface area contributed by atoms with Gasteiger partial charge >= 0.3 is 0 Å². The molecule has 0 saturated carbocycles. The van der Waals surface area contributed by atoms with E-state index in [0.29, 0.717) is 0 Å². The predicted molar refractivity (Wildman–Crippen MR) is 140 cm³/mol. The molecule has 4 heteroatoms. The maximum Gasteiger partial charge on any atom is 0.118 e. The Morgan fingerprint density at radius 1 is 0.559 bits per heavy atom. The van der Waals surface area contributed by atoms with Crippen molar-refractivity contribution in [1.82, 2.24) is 15.0 Å². The van der Waals surface area contributed by atoms with Crippen molar-refractivity contribution in [1.29, 1.82) is 0 Å². The van der Waals surface area contributed by atoms with Gasteiger partial charge in [-0.2, -0.15) is 0 Å². The summed E-state index contributed by atoms with van der Waals surface area (Å²) < 4.78 is 5.35. The maximum atomic E-state index is 5.35. The van der Waals surface area contributed by atoms with E-state index in [2.05, 4.69) is 100 Å². The van der Waals surface area contributed by atoms with E-state index in [0.717, 1.165) is 39.7 Å². The number of hydrogen-bond donors (Lipinski definition) is 0. The van der Waals surface area contributed by atoms with E-state index in [9.17, 15) is 0 Å². The van der Waals surface area contributed by atoms with Gasteiger partial charge in [0.05, 0.1) is 29.9 Å². The molecule has 0 fully saturated rings. The van der Waals surface area contributed by atoms with Gasteiger partial charge in [-0.3, -0.25) is 9.97 Å². The summed E-state index contributed by atoms with van der Waals surface area (Å²) >= 11 is 0. The minimum Gasteiger partial charge on any atom is -0.497 e. The molecule has 4 aromatic rings. The van der Waals surface area contributed by atoms with Crippen LogP contribution >= 0.6 is 0 Å². The van der Waals surface area contributed by atoms with E-state index in [1.54, 1.807) is 7.11 Å². The molecule has 0 atom stereocenters. The van der Waals surface area contributed by atoms with Crippen LogP contribution in [0.2, 0.25) is 0 Å². The van der Waals surface area contributed by atoms with Crippen molar-refractivity contribution in [3.63, 3.8) is 0 Å². The minimum absolute atomic E-state index is 0.0245. The lowest BCUT2D eigenvalue weighted by Gasteiger charge is -2.20. The number of aromatic nitrogens is 3. The van der Waals surface area contributed by atoms with Gasteiger partial charge in [0.2, 0.25) is 0 Å². The third kappa shape index (κ3) is 5.17. The summed E-state index contributed by atoms with van der Waals surface area (Å²) in [4.78, 5) is 14.4. The Morgan fingerprint density at radius 2 is 1.03 bits per heavy atom. The van der Waals surface area contributed by atoms with Gasteiger partial charge < -0.3 is 4.74 Å². The van der Waals surface area contributed by atoms with Gasteiger partial charge in [0.15, 0.2) is 0 Å². The molecule has 174 valence electrons. The zero-order valence-corrected chi connectivity index (χ0v) is 21.2. The van der Waals surface area contributed by atoms with Crippen molar-refractivity contribution >= 4 is 0 Å². The Hall–Kier alpha value is -3.53. The first-order valence-corrected chi connectivity index (χ1v) is 11.6. The highest BCUT2D eigenvalue weighted by Crippen LogP contribution is 2.33. The Labute approximate surface area is 203 Å². The van der Waals surface area contributed by atoms with Crippen molar-refractivity contribution in [2.75, 3.05) is 7.11 Å². The van der Waals surface area contributed by atoms with Crippen LogP contribution in [0.15, 0.2) is 73.1 Å². The van der Waals surface area contributed by atoms with Crippen LogP contribution in [0.5, 0.6) is 5.75 Å². The van der Waals surface area contributed by atoms with Crippen LogP contribution in [0.3, 0.4) is 0 Å². The monoisotopic (exact) mass is 451 g/mol. The first kappa shape index (κ1) is 23.6. The summed E-state index contributed by atoms with van der Waals surface area (Å²) in [5.41, 5.74) is 8.03. The van der Waals surface area contributed by atoms with Gasteiger partial charge in [-0.05, 0) is 81.6 Å². The van der Waals surface area contributed by atoms with E-state index in [-0.39, 0.29) is 10.8 Å². The Bertz CT molecular complexity index is 1220. The SMILES string of the molecule is COc1ccc(-c2cc(-c3cc(C(C)(C)C)ccn3)nc(-c3cc(C(C)(C)C)ccn3)c2)cc1. The highest BCUT2D eigenvalue weighted by Gasteiger charge is 2.18. The number of ether oxygens (including phenoxy) is 1. The standard InChI is InChI=1S/C30H33N3O/c1-29(2,3)22-12-14-31-25(18-22)27-16-21(20-8-10-24(34-7)11-9-20)17-28(33-27)26-19-23(13-15-32-26)30(4,5)6/h8-19H,1-7H3. The maximum absolute atomic E-state index is 5.35. The van der Waals surface area contributed by atoms with E-state index in [4.69, 9.17) is 9.72 Å². The molecule has 0 aliphatic heterocycles. The fourth-order valence-electron chi connectivity index (χ4n) is 3.82. The van der Waals surface area contributed by atoms with E-state index in [1.165, 1.54) is 11.1 Å². The first-order valence-electron chi connectivity index (χ1n) is 11.6. The third-order valence-corrected chi connectivity index (χ3v) is 6.03. The molecule has 4 rings (SSSR count). The molecule has 1 aromatic carbocycles. The Morgan fingerprint density at radius 3 is 1.44 bits per heavy atom. The number of rotatable bonds is 4. The zero-order chi connectivity index (χ0) is 24.5. The summed E-state index contributed by atoms with van der Waals surface area (Å²) in [5, 5.41) is 0. The normalized spacial score (nSPS) is 12.0. The number of hydrogen-bond acceptors (Lipinski definition) is 4. The average molecular weight is 452 g/mol. The van der Waals surface area contributed by atoms with Crippen LogP contribution in [0.1, 0.15) is 52.7 Å². The highest BCUT2D eigenvalue weighted by molar-refractivity contribution is 5.75. The van der Waals surface area contributed by atoms with Crippen LogP contribution in [0.25, 0.3) is 33.9 Å². The molecular formula is C30H33N3O. The summed E-state index contributed by atoms with van der Waals surface area (Å²) in [6.07, 6.45) is 3.74. The number of benzene rings is 1. The Balaban J connectivity index is 1.90. The van der Waals surface area contributed by atoms with Crippen molar-refractivity contribution in [2.24, 2.45) is 0 Å². The summed E-state index contributed by atoms with van der Waals surface area (Å²) in [7, 11) is 1.68. The van der Waals surface area contributed by atoms with Crippen LogP contribution in [0.4, 0.5) is 0 Å². The third-order valence-electron chi connectivity index (χ3n) is 6.03. The van der Waals surface area contributed by atoms with Gasteiger partial charge in [0.1, 0.15) is 5.75 Å². The predicted octanol–water partition coefficient (Wildman–Crippen LogP) is 7.48. The molecule has 3 heterocycles. The molecule has 0 N–H and O–H groups in total. The van der Waals surface area contributed by atoms with E-state index >= 15 is 0 Å². The van der Waals surface area contributed by atoms with Crippen LogP contribution < -0.4 is 4.74 Å². The molecule has 0 aliphatic rings. The van der Waals surface area contributed by atoms with Crippen molar-refractivity contribution < 1.29 is 4.74 Å². The first-order chi connectivity index (χ1) is 16.0. The molecule has 0 bridgehead atoms. The Kier molecular flexibility index (Phi) is 6.26. The molecule has 34 heavy (non-hydrogen) atoms. The van der Waals surface area contributed by atoms with Gasteiger partial charge in [-0.25, -0.2) is 4.98 Å². The van der Waals surface area contributed by atoms with Gasteiger partial charge in [0, 0.05) is 12.4 Å². The van der Waals surface area contributed by atoms with Gasteiger partial charge in [-0.1, -0.05) is 53.7 Å². The molecule has 4 nitrogen and oxygen atoms in total. The van der Waals surface area contributed by atoms with Crippen molar-refractivity contribution in [3.05, 3.63) is 84.2 Å². The topological polar surface area (TPSA) is 47.9 Å². The minimum atomic E-state index is 0.0245. The van der Waals surface area contributed by atoms with Crippen molar-refractivity contribution in [3.8, 4) is 39.7 Å². The molecule has 0 spiro atoms. The quantitative estimate of drug-likeness (QED) is 0.323. The second-order valence-corrected chi connectivity index (χ2v) is 10.7. The smallest absolute Gasteiger partial charge is 0.118 e. The second-order valence-electron chi connectivity index (χ2n) is 10.7. The zero-order valence-electron chi connectivity index (χ0n) is 21.2. The highest BCUT2D eigenvalue weighted by atomic mass is 16.5.